The fourth-order valence-electron chi connectivity index (χ4n) is 3.52. The van der Waals surface area contributed by atoms with Gasteiger partial charge in [0.05, 0.1) is 24.9 Å². The van der Waals surface area contributed by atoms with Crippen LogP contribution in [0.4, 0.5) is 5.69 Å². The fourth-order valence-corrected chi connectivity index (χ4v) is 3.52. The minimum Gasteiger partial charge on any atom is -0.497 e. The summed E-state index contributed by atoms with van der Waals surface area (Å²) >= 11 is 0. The highest BCUT2D eigenvalue weighted by Crippen LogP contribution is 2.33. The third kappa shape index (κ3) is 4.05. The number of hydrogen-bond acceptors (Lipinski definition) is 5. The Labute approximate surface area is 181 Å². The lowest BCUT2D eigenvalue weighted by Gasteiger charge is -2.15. The zero-order chi connectivity index (χ0) is 22.0. The maximum Gasteiger partial charge on any atom is 0.278 e. The number of nitrogens with one attached hydrogen (secondary N) is 1. The number of benzene rings is 2. The molecular weight excluding hydrogens is 390 g/mol. The smallest absolute Gasteiger partial charge is 0.278 e. The summed E-state index contributed by atoms with van der Waals surface area (Å²) in [7, 11) is 1.58. The van der Waals surface area contributed by atoms with Gasteiger partial charge in [0.15, 0.2) is 0 Å². The van der Waals surface area contributed by atoms with Gasteiger partial charge in [0.25, 0.3) is 11.8 Å². The van der Waals surface area contributed by atoms with Gasteiger partial charge >= 0.3 is 0 Å². The number of carbonyl (C=O) groups excluding carboxylic acids is 2. The second-order valence-electron chi connectivity index (χ2n) is 7.44. The SMILES string of the molecule is COc1ccc(C2=C(Nc3cc(C)ccc3C)C(=O)N(Cc3ccccn3)C2=O)cc1. The third-order valence-corrected chi connectivity index (χ3v) is 5.25. The number of amides is 2. The molecule has 0 bridgehead atoms. The number of rotatable bonds is 6. The van der Waals surface area contributed by atoms with E-state index in [9.17, 15) is 9.59 Å². The summed E-state index contributed by atoms with van der Waals surface area (Å²) in [6.07, 6.45) is 1.65. The lowest BCUT2D eigenvalue weighted by molar-refractivity contribution is -0.137. The van der Waals surface area contributed by atoms with Crippen molar-refractivity contribution in [3.63, 3.8) is 0 Å². The highest BCUT2D eigenvalue weighted by molar-refractivity contribution is 6.36. The van der Waals surface area contributed by atoms with Crippen LogP contribution in [0.15, 0.2) is 72.6 Å². The lowest BCUT2D eigenvalue weighted by atomic mass is 10.0. The fraction of sp³-hybridized carbons (Fsp3) is 0.160. The van der Waals surface area contributed by atoms with Gasteiger partial charge in [0.2, 0.25) is 0 Å². The molecule has 6 nitrogen and oxygen atoms in total. The highest BCUT2D eigenvalue weighted by atomic mass is 16.5. The second kappa shape index (κ2) is 8.44. The first-order chi connectivity index (χ1) is 15.0. The van der Waals surface area contributed by atoms with Crippen LogP contribution in [0.2, 0.25) is 0 Å². The molecule has 4 rings (SSSR count). The van der Waals surface area contributed by atoms with Gasteiger partial charge in [-0.15, -0.1) is 0 Å². The van der Waals surface area contributed by atoms with Gasteiger partial charge in [-0.05, 0) is 60.9 Å². The maximum atomic E-state index is 13.4. The highest BCUT2D eigenvalue weighted by Gasteiger charge is 2.39. The number of methoxy groups -OCH3 is 1. The molecule has 0 saturated carbocycles. The van der Waals surface area contributed by atoms with Gasteiger partial charge in [-0.2, -0.15) is 0 Å². The van der Waals surface area contributed by atoms with Crippen molar-refractivity contribution >= 4 is 23.1 Å². The van der Waals surface area contributed by atoms with Crippen LogP contribution in [0, 0.1) is 13.8 Å². The topological polar surface area (TPSA) is 71.5 Å². The van der Waals surface area contributed by atoms with E-state index < -0.39 is 0 Å². The van der Waals surface area contributed by atoms with E-state index in [4.69, 9.17) is 4.74 Å². The zero-order valence-electron chi connectivity index (χ0n) is 17.7. The minimum absolute atomic E-state index is 0.107. The number of aromatic nitrogens is 1. The lowest BCUT2D eigenvalue weighted by Crippen LogP contribution is -2.32. The van der Waals surface area contributed by atoms with Gasteiger partial charge in [-0.25, -0.2) is 0 Å². The van der Waals surface area contributed by atoms with Crippen LogP contribution in [0.1, 0.15) is 22.4 Å². The number of aryl methyl sites for hydroxylation is 2. The summed E-state index contributed by atoms with van der Waals surface area (Å²) in [5.41, 5.74) is 4.73. The minimum atomic E-state index is -0.373. The molecule has 0 radical (unpaired) electrons. The normalized spacial score (nSPS) is 13.7. The van der Waals surface area contributed by atoms with Crippen LogP contribution in [-0.4, -0.2) is 28.8 Å². The Morgan fingerprint density at radius 1 is 0.968 bits per heavy atom. The number of nitrogens with zero attached hydrogens (tertiary/aromatic N) is 2. The summed E-state index contributed by atoms with van der Waals surface area (Å²) in [6.45, 7) is 4.05. The predicted molar refractivity (Wildman–Crippen MR) is 119 cm³/mol. The summed E-state index contributed by atoms with van der Waals surface area (Å²) < 4.78 is 5.23. The first kappa shape index (κ1) is 20.3. The largest absolute Gasteiger partial charge is 0.497 e. The van der Waals surface area contributed by atoms with Crippen molar-refractivity contribution in [3.05, 3.63) is 94.9 Å². The third-order valence-electron chi connectivity index (χ3n) is 5.25. The number of carbonyl (C=O) groups is 2. The quantitative estimate of drug-likeness (QED) is 0.616. The van der Waals surface area contributed by atoms with Crippen LogP contribution < -0.4 is 10.1 Å². The average molecular weight is 413 g/mol. The van der Waals surface area contributed by atoms with Crippen molar-refractivity contribution in [1.29, 1.82) is 0 Å². The van der Waals surface area contributed by atoms with Crippen molar-refractivity contribution in [2.24, 2.45) is 0 Å². The molecule has 1 aromatic heterocycles. The molecule has 6 heteroatoms. The number of ether oxygens (including phenoxy) is 1. The van der Waals surface area contributed by atoms with Crippen molar-refractivity contribution in [1.82, 2.24) is 9.88 Å². The van der Waals surface area contributed by atoms with Gasteiger partial charge < -0.3 is 10.1 Å². The Balaban J connectivity index is 1.77. The molecule has 2 aromatic carbocycles. The summed E-state index contributed by atoms with van der Waals surface area (Å²) in [5, 5.41) is 3.24. The molecule has 1 aliphatic rings. The molecule has 0 saturated heterocycles. The molecule has 1 aliphatic heterocycles. The average Bonchev–Trinajstić information content (AvgIpc) is 3.01. The van der Waals surface area contributed by atoms with Crippen LogP contribution in [-0.2, 0) is 16.1 Å². The monoisotopic (exact) mass is 413 g/mol. The van der Waals surface area contributed by atoms with Crippen molar-refractivity contribution in [2.75, 3.05) is 12.4 Å². The van der Waals surface area contributed by atoms with E-state index in [2.05, 4.69) is 10.3 Å². The molecule has 0 aliphatic carbocycles. The van der Waals surface area contributed by atoms with Gasteiger partial charge in [0.1, 0.15) is 11.4 Å². The standard InChI is InChI=1S/C25H23N3O3/c1-16-7-8-17(2)21(14-16)27-23-22(18-9-11-20(31-3)12-10-18)24(29)28(25(23)30)15-19-6-4-5-13-26-19/h4-14,27H,15H2,1-3H3. The van der Waals surface area contributed by atoms with Gasteiger partial charge in [-0.1, -0.05) is 30.3 Å². The summed E-state index contributed by atoms with van der Waals surface area (Å²) in [5.74, 6) is -0.0495. The first-order valence-corrected chi connectivity index (χ1v) is 9.97. The Bertz CT molecular complexity index is 1170. The molecule has 31 heavy (non-hydrogen) atoms. The summed E-state index contributed by atoms with van der Waals surface area (Å²) in [4.78, 5) is 32.2. The van der Waals surface area contributed by atoms with Crippen LogP contribution >= 0.6 is 0 Å². The Morgan fingerprint density at radius 3 is 2.42 bits per heavy atom. The van der Waals surface area contributed by atoms with Crippen LogP contribution in [0.5, 0.6) is 5.75 Å². The molecule has 0 fully saturated rings. The molecule has 156 valence electrons. The van der Waals surface area contributed by atoms with Crippen LogP contribution in [0.25, 0.3) is 5.57 Å². The number of anilines is 1. The van der Waals surface area contributed by atoms with Crippen molar-refractivity contribution in [3.8, 4) is 5.75 Å². The van der Waals surface area contributed by atoms with E-state index in [0.29, 0.717) is 22.6 Å². The molecule has 0 unspecified atom stereocenters. The summed E-state index contributed by atoms with van der Waals surface area (Å²) in [6, 6.07) is 18.5. The number of pyridine rings is 1. The van der Waals surface area contributed by atoms with Gasteiger partial charge in [-0.3, -0.25) is 19.5 Å². The van der Waals surface area contributed by atoms with Crippen molar-refractivity contribution in [2.45, 2.75) is 20.4 Å². The van der Waals surface area contributed by atoms with Gasteiger partial charge in [0, 0.05) is 11.9 Å². The number of imide groups is 1. The first-order valence-electron chi connectivity index (χ1n) is 9.97. The molecule has 1 N–H and O–H groups in total. The zero-order valence-corrected chi connectivity index (χ0v) is 17.7. The molecule has 0 atom stereocenters. The van der Waals surface area contributed by atoms with E-state index >= 15 is 0 Å². The van der Waals surface area contributed by atoms with E-state index in [1.165, 1.54) is 4.90 Å². The predicted octanol–water partition coefficient (Wildman–Crippen LogP) is 4.10. The number of hydrogen-bond donors (Lipinski definition) is 1. The second-order valence-corrected chi connectivity index (χ2v) is 7.44. The Hall–Kier alpha value is -3.93. The maximum absolute atomic E-state index is 13.4. The van der Waals surface area contributed by atoms with E-state index in [1.807, 2.05) is 38.1 Å². The van der Waals surface area contributed by atoms with Crippen molar-refractivity contribution < 1.29 is 14.3 Å². The van der Waals surface area contributed by atoms with Crippen LogP contribution in [0.3, 0.4) is 0 Å². The molecule has 0 spiro atoms. The Kier molecular flexibility index (Phi) is 5.54. The molecule has 2 heterocycles. The van der Waals surface area contributed by atoms with E-state index in [-0.39, 0.29) is 24.1 Å². The Morgan fingerprint density at radius 2 is 1.74 bits per heavy atom. The van der Waals surface area contributed by atoms with E-state index in [0.717, 1.165) is 16.8 Å². The molecule has 2 amide bonds. The molecule has 3 aromatic rings. The molecular formula is C25H23N3O3. The van der Waals surface area contributed by atoms with E-state index in [1.54, 1.807) is 49.7 Å².